The summed E-state index contributed by atoms with van der Waals surface area (Å²) in [7, 11) is 0. The number of aromatic nitrogens is 1. The molecule has 140 valence electrons. The smallest absolute Gasteiger partial charge is 0.349 e. The highest BCUT2D eigenvalue weighted by molar-refractivity contribution is 9.10. The molecule has 1 heterocycles. The highest BCUT2D eigenvalue weighted by Gasteiger charge is 2.24. The summed E-state index contributed by atoms with van der Waals surface area (Å²) in [6.07, 6.45) is -1.21. The second-order valence-electron chi connectivity index (χ2n) is 6.01. The zero-order chi connectivity index (χ0) is 19.7. The summed E-state index contributed by atoms with van der Waals surface area (Å²) in [4.78, 5) is 16.3. The monoisotopic (exact) mass is 457 g/mol. The van der Waals surface area contributed by atoms with Gasteiger partial charge in [-0.1, -0.05) is 51.8 Å². The van der Waals surface area contributed by atoms with Crippen molar-refractivity contribution in [3.05, 3.63) is 81.8 Å². The van der Waals surface area contributed by atoms with Gasteiger partial charge in [-0.25, -0.2) is 9.78 Å². The van der Waals surface area contributed by atoms with Gasteiger partial charge in [0.15, 0.2) is 5.58 Å². The van der Waals surface area contributed by atoms with Crippen LogP contribution in [0.4, 0.5) is 0 Å². The number of hydrogen-bond donors (Lipinski definition) is 1. The Morgan fingerprint density at radius 2 is 1.86 bits per heavy atom. The Hall–Kier alpha value is -2.83. The van der Waals surface area contributed by atoms with Gasteiger partial charge in [-0.3, -0.25) is 0 Å². The number of ether oxygens (including phenoxy) is 1. The van der Waals surface area contributed by atoms with E-state index in [4.69, 9.17) is 20.8 Å². The molecule has 1 N–H and O–H groups in total. The summed E-state index contributed by atoms with van der Waals surface area (Å²) >= 11 is 9.33. The molecule has 0 saturated heterocycles. The van der Waals surface area contributed by atoms with E-state index in [1.807, 2.05) is 24.3 Å². The van der Waals surface area contributed by atoms with Crippen molar-refractivity contribution in [3.8, 4) is 17.2 Å². The molecule has 0 saturated carbocycles. The molecule has 4 rings (SSSR count). The zero-order valence-corrected chi connectivity index (χ0v) is 16.6. The van der Waals surface area contributed by atoms with Crippen LogP contribution in [0, 0.1) is 0 Å². The second-order valence-corrected chi connectivity index (χ2v) is 7.37. The average molecular weight is 459 g/mol. The third-order valence-electron chi connectivity index (χ3n) is 4.11. The fourth-order valence-electron chi connectivity index (χ4n) is 2.79. The Kier molecular flexibility index (Phi) is 5.07. The molecule has 0 aliphatic carbocycles. The van der Waals surface area contributed by atoms with Crippen LogP contribution in [0.3, 0.4) is 0 Å². The molecule has 1 aromatic heterocycles. The van der Waals surface area contributed by atoms with Crippen molar-refractivity contribution in [1.29, 1.82) is 0 Å². The van der Waals surface area contributed by atoms with Crippen molar-refractivity contribution < 1.29 is 19.1 Å². The average Bonchev–Trinajstić information content (AvgIpc) is 3.11. The molecule has 0 amide bonds. The SMILES string of the molecule is O=C(O)C(Oc1ccc(Br)cc1-c1nc2ccccc2o1)c1ccc(Cl)cc1. The first-order valence-electron chi connectivity index (χ1n) is 8.32. The Morgan fingerprint density at radius 3 is 2.57 bits per heavy atom. The topological polar surface area (TPSA) is 72.6 Å². The Morgan fingerprint density at radius 1 is 1.11 bits per heavy atom. The van der Waals surface area contributed by atoms with Crippen LogP contribution in [0.1, 0.15) is 11.7 Å². The van der Waals surface area contributed by atoms with Crippen LogP contribution >= 0.6 is 27.5 Å². The lowest BCUT2D eigenvalue weighted by atomic mass is 10.1. The van der Waals surface area contributed by atoms with Crippen LogP contribution in [0.2, 0.25) is 5.02 Å². The molecule has 5 nitrogen and oxygen atoms in total. The minimum Gasteiger partial charge on any atom is -0.478 e. The molecular weight excluding hydrogens is 446 g/mol. The molecule has 1 unspecified atom stereocenters. The number of benzene rings is 3. The van der Waals surface area contributed by atoms with Gasteiger partial charge in [0.25, 0.3) is 0 Å². The third-order valence-corrected chi connectivity index (χ3v) is 4.85. The molecule has 3 aromatic carbocycles. The van der Waals surface area contributed by atoms with Gasteiger partial charge in [-0.2, -0.15) is 0 Å². The largest absolute Gasteiger partial charge is 0.478 e. The molecule has 0 fully saturated rings. The summed E-state index contributed by atoms with van der Waals surface area (Å²) < 4.78 is 12.5. The molecule has 28 heavy (non-hydrogen) atoms. The number of aliphatic carboxylic acids is 1. The summed E-state index contributed by atoms with van der Waals surface area (Å²) in [6, 6.07) is 19.1. The summed E-state index contributed by atoms with van der Waals surface area (Å²) in [5, 5.41) is 10.2. The van der Waals surface area contributed by atoms with Crippen LogP contribution in [0.5, 0.6) is 5.75 Å². The molecule has 4 aromatic rings. The first-order valence-corrected chi connectivity index (χ1v) is 9.49. The van der Waals surface area contributed by atoms with E-state index in [9.17, 15) is 9.90 Å². The number of nitrogens with zero attached hydrogens (tertiary/aromatic N) is 1. The predicted molar refractivity (Wildman–Crippen MR) is 110 cm³/mol. The van der Waals surface area contributed by atoms with Crippen LogP contribution in [0.25, 0.3) is 22.6 Å². The number of carboxylic acids is 1. The zero-order valence-electron chi connectivity index (χ0n) is 14.3. The number of carboxylic acid groups (broad SMARTS) is 1. The van der Waals surface area contributed by atoms with Gasteiger partial charge < -0.3 is 14.3 Å². The summed E-state index contributed by atoms with van der Waals surface area (Å²) in [5.74, 6) is -0.427. The number of hydrogen-bond acceptors (Lipinski definition) is 4. The molecule has 0 bridgehead atoms. The lowest BCUT2D eigenvalue weighted by molar-refractivity contribution is -0.145. The maximum atomic E-state index is 11.8. The standard InChI is InChI=1S/C21H13BrClNO4/c22-13-7-10-17(27-19(21(25)26)12-5-8-14(23)9-6-12)15(11-13)20-24-16-3-1-2-4-18(16)28-20/h1-11,19H,(H,25,26). The van der Waals surface area contributed by atoms with Crippen LogP contribution < -0.4 is 4.74 Å². The van der Waals surface area contributed by atoms with E-state index in [-0.39, 0.29) is 0 Å². The van der Waals surface area contributed by atoms with Gasteiger partial charge in [-0.05, 0) is 42.5 Å². The molecule has 0 aliphatic rings. The number of halogens is 2. The van der Waals surface area contributed by atoms with E-state index in [1.54, 1.807) is 42.5 Å². The normalized spacial score (nSPS) is 12.1. The van der Waals surface area contributed by atoms with E-state index < -0.39 is 12.1 Å². The van der Waals surface area contributed by atoms with Crippen molar-refractivity contribution >= 4 is 44.6 Å². The Balaban J connectivity index is 1.77. The van der Waals surface area contributed by atoms with Crippen LogP contribution in [-0.2, 0) is 4.79 Å². The van der Waals surface area contributed by atoms with E-state index in [2.05, 4.69) is 20.9 Å². The predicted octanol–water partition coefficient (Wildman–Crippen LogP) is 6.12. The highest BCUT2D eigenvalue weighted by atomic mass is 79.9. The van der Waals surface area contributed by atoms with E-state index in [0.29, 0.717) is 38.9 Å². The second kappa shape index (κ2) is 7.66. The number of para-hydroxylation sites is 2. The molecule has 1 atom stereocenters. The fraction of sp³-hybridized carbons (Fsp3) is 0.0476. The van der Waals surface area contributed by atoms with Gasteiger partial charge >= 0.3 is 5.97 Å². The van der Waals surface area contributed by atoms with E-state index >= 15 is 0 Å². The first kappa shape index (κ1) is 18.5. The van der Waals surface area contributed by atoms with Crippen LogP contribution in [-0.4, -0.2) is 16.1 Å². The fourth-order valence-corrected chi connectivity index (χ4v) is 3.27. The highest BCUT2D eigenvalue weighted by Crippen LogP contribution is 2.36. The Bertz CT molecular complexity index is 1120. The molecular formula is C21H13BrClNO4. The van der Waals surface area contributed by atoms with Gasteiger partial charge in [0, 0.05) is 15.1 Å². The number of carbonyl (C=O) groups is 1. The summed E-state index contributed by atoms with van der Waals surface area (Å²) in [5.41, 5.74) is 2.36. The first-order chi connectivity index (χ1) is 13.5. The molecule has 0 radical (unpaired) electrons. The maximum Gasteiger partial charge on any atom is 0.349 e. The minimum absolute atomic E-state index is 0.345. The number of oxazole rings is 1. The van der Waals surface area contributed by atoms with Crippen molar-refractivity contribution in [2.75, 3.05) is 0 Å². The molecule has 0 aliphatic heterocycles. The van der Waals surface area contributed by atoms with Crippen molar-refractivity contribution in [2.24, 2.45) is 0 Å². The third kappa shape index (κ3) is 3.74. The quantitative estimate of drug-likeness (QED) is 0.390. The van der Waals surface area contributed by atoms with Gasteiger partial charge in [-0.15, -0.1) is 0 Å². The lowest BCUT2D eigenvalue weighted by Gasteiger charge is -2.17. The van der Waals surface area contributed by atoms with Crippen LogP contribution in [0.15, 0.2) is 75.6 Å². The van der Waals surface area contributed by atoms with Crippen molar-refractivity contribution in [3.63, 3.8) is 0 Å². The summed E-state index contributed by atoms with van der Waals surface area (Å²) in [6.45, 7) is 0. The van der Waals surface area contributed by atoms with Crippen molar-refractivity contribution in [2.45, 2.75) is 6.10 Å². The van der Waals surface area contributed by atoms with Gasteiger partial charge in [0.2, 0.25) is 12.0 Å². The van der Waals surface area contributed by atoms with E-state index in [1.165, 1.54) is 0 Å². The molecule has 7 heteroatoms. The van der Waals surface area contributed by atoms with Gasteiger partial charge in [0.05, 0.1) is 5.56 Å². The van der Waals surface area contributed by atoms with E-state index in [0.717, 1.165) is 4.47 Å². The maximum absolute atomic E-state index is 11.8. The Labute approximate surface area is 173 Å². The van der Waals surface area contributed by atoms with Crippen molar-refractivity contribution in [1.82, 2.24) is 4.98 Å². The number of fused-ring (bicyclic) bond motifs is 1. The number of rotatable bonds is 5. The minimum atomic E-state index is -1.21. The lowest BCUT2D eigenvalue weighted by Crippen LogP contribution is -2.18. The molecule has 0 spiro atoms. The van der Waals surface area contributed by atoms with Gasteiger partial charge in [0.1, 0.15) is 11.3 Å².